The van der Waals surface area contributed by atoms with Crippen molar-refractivity contribution in [2.75, 3.05) is 7.11 Å². The number of rotatable bonds is 6. The van der Waals surface area contributed by atoms with Gasteiger partial charge in [0.2, 0.25) is 17.6 Å². The molecule has 0 aliphatic rings. The molecule has 0 radical (unpaired) electrons. The van der Waals surface area contributed by atoms with E-state index in [4.69, 9.17) is 9.26 Å². The number of hydrogen-bond acceptors (Lipinski definition) is 5. The summed E-state index contributed by atoms with van der Waals surface area (Å²) in [4.78, 5) is 15.9. The molecule has 6 heteroatoms. The molecule has 0 fully saturated rings. The summed E-state index contributed by atoms with van der Waals surface area (Å²) in [7, 11) is 1.59. The van der Waals surface area contributed by atoms with Gasteiger partial charge in [0.15, 0.2) is 0 Å². The van der Waals surface area contributed by atoms with Crippen LogP contribution in [0.15, 0.2) is 28.8 Å². The van der Waals surface area contributed by atoms with Crippen LogP contribution in [0.5, 0.6) is 5.75 Å². The monoisotopic (exact) mass is 289 g/mol. The summed E-state index contributed by atoms with van der Waals surface area (Å²) in [6.45, 7) is 3.84. The number of nitrogens with zero attached hydrogens (tertiary/aromatic N) is 2. The van der Waals surface area contributed by atoms with Gasteiger partial charge in [0.05, 0.1) is 12.7 Å². The SMILES string of the molecule is COc1ccccc1-c1noc(CCC(=O)NC(C)C)n1. The normalized spacial score (nSPS) is 10.7. The Morgan fingerprint density at radius 3 is 2.86 bits per heavy atom. The van der Waals surface area contributed by atoms with Crippen molar-refractivity contribution >= 4 is 5.91 Å². The number of carbonyl (C=O) groups is 1. The lowest BCUT2D eigenvalue weighted by atomic mass is 10.2. The smallest absolute Gasteiger partial charge is 0.227 e. The van der Waals surface area contributed by atoms with E-state index < -0.39 is 0 Å². The molecule has 0 bridgehead atoms. The van der Waals surface area contributed by atoms with Crippen LogP contribution in [0.4, 0.5) is 0 Å². The predicted octanol–water partition coefficient (Wildman–Crippen LogP) is 2.20. The summed E-state index contributed by atoms with van der Waals surface area (Å²) in [6, 6.07) is 7.58. The lowest BCUT2D eigenvalue weighted by Crippen LogP contribution is -2.30. The number of hydrogen-bond donors (Lipinski definition) is 1. The van der Waals surface area contributed by atoms with Gasteiger partial charge in [-0.1, -0.05) is 17.3 Å². The average molecular weight is 289 g/mol. The van der Waals surface area contributed by atoms with Gasteiger partial charge < -0.3 is 14.6 Å². The maximum absolute atomic E-state index is 11.6. The number of aromatic nitrogens is 2. The van der Waals surface area contributed by atoms with E-state index in [9.17, 15) is 4.79 Å². The Labute approximate surface area is 123 Å². The molecule has 1 heterocycles. The predicted molar refractivity (Wildman–Crippen MR) is 77.9 cm³/mol. The third kappa shape index (κ3) is 4.05. The second-order valence-electron chi connectivity index (χ2n) is 4.93. The minimum Gasteiger partial charge on any atom is -0.496 e. The van der Waals surface area contributed by atoms with Gasteiger partial charge in [-0.15, -0.1) is 0 Å². The van der Waals surface area contributed by atoms with E-state index in [2.05, 4.69) is 15.5 Å². The lowest BCUT2D eigenvalue weighted by Gasteiger charge is -2.06. The lowest BCUT2D eigenvalue weighted by molar-refractivity contribution is -0.121. The summed E-state index contributed by atoms with van der Waals surface area (Å²) in [6.07, 6.45) is 0.743. The van der Waals surface area contributed by atoms with Crippen LogP contribution in [0.3, 0.4) is 0 Å². The number of carbonyl (C=O) groups excluding carboxylic acids is 1. The van der Waals surface area contributed by atoms with Crippen molar-refractivity contribution in [3.8, 4) is 17.1 Å². The minimum atomic E-state index is -0.0259. The third-order valence-corrected chi connectivity index (χ3v) is 2.83. The van der Waals surface area contributed by atoms with Crippen molar-refractivity contribution in [3.05, 3.63) is 30.2 Å². The quantitative estimate of drug-likeness (QED) is 0.882. The van der Waals surface area contributed by atoms with Gasteiger partial charge in [0.25, 0.3) is 0 Å². The van der Waals surface area contributed by atoms with Crippen LogP contribution in [-0.2, 0) is 11.2 Å². The maximum Gasteiger partial charge on any atom is 0.227 e. The second-order valence-corrected chi connectivity index (χ2v) is 4.93. The van der Waals surface area contributed by atoms with Gasteiger partial charge in [-0.05, 0) is 26.0 Å². The number of nitrogens with one attached hydrogen (secondary N) is 1. The Morgan fingerprint density at radius 2 is 2.14 bits per heavy atom. The Balaban J connectivity index is 2.03. The first kappa shape index (κ1) is 15.0. The van der Waals surface area contributed by atoms with Gasteiger partial charge in [0.1, 0.15) is 5.75 Å². The summed E-state index contributed by atoms with van der Waals surface area (Å²) < 4.78 is 10.4. The summed E-state index contributed by atoms with van der Waals surface area (Å²) >= 11 is 0. The molecule has 0 aliphatic carbocycles. The molecule has 0 unspecified atom stereocenters. The molecule has 0 saturated heterocycles. The Hall–Kier alpha value is -2.37. The average Bonchev–Trinajstić information content (AvgIpc) is 2.93. The van der Waals surface area contributed by atoms with Crippen molar-refractivity contribution in [2.45, 2.75) is 32.7 Å². The molecular formula is C15H19N3O3. The van der Waals surface area contributed by atoms with Crippen molar-refractivity contribution in [2.24, 2.45) is 0 Å². The largest absolute Gasteiger partial charge is 0.496 e. The Morgan fingerprint density at radius 1 is 1.38 bits per heavy atom. The van der Waals surface area contributed by atoms with Crippen molar-refractivity contribution in [1.29, 1.82) is 0 Å². The van der Waals surface area contributed by atoms with Crippen molar-refractivity contribution in [3.63, 3.8) is 0 Å². The minimum absolute atomic E-state index is 0.0259. The van der Waals surface area contributed by atoms with E-state index in [0.717, 1.165) is 5.56 Å². The highest BCUT2D eigenvalue weighted by Crippen LogP contribution is 2.27. The van der Waals surface area contributed by atoms with E-state index in [0.29, 0.717) is 30.3 Å². The number of aryl methyl sites for hydroxylation is 1. The zero-order valence-electron chi connectivity index (χ0n) is 12.4. The Kier molecular flexibility index (Phi) is 4.92. The Bertz CT molecular complexity index is 608. The fourth-order valence-electron chi connectivity index (χ4n) is 1.91. The number of ether oxygens (including phenoxy) is 1. The molecule has 2 rings (SSSR count). The zero-order chi connectivity index (χ0) is 15.2. The van der Waals surface area contributed by atoms with Crippen LogP contribution in [0.1, 0.15) is 26.2 Å². The van der Waals surface area contributed by atoms with Gasteiger partial charge >= 0.3 is 0 Å². The zero-order valence-corrected chi connectivity index (χ0v) is 12.4. The molecule has 6 nitrogen and oxygen atoms in total. The molecule has 0 atom stereocenters. The van der Waals surface area contributed by atoms with Gasteiger partial charge in [-0.3, -0.25) is 4.79 Å². The van der Waals surface area contributed by atoms with E-state index in [-0.39, 0.29) is 11.9 Å². The van der Waals surface area contributed by atoms with Crippen LogP contribution >= 0.6 is 0 Å². The molecule has 21 heavy (non-hydrogen) atoms. The fraction of sp³-hybridized carbons (Fsp3) is 0.400. The standard InChI is InChI=1S/C15H19N3O3/c1-10(2)16-13(19)8-9-14-17-15(18-21-14)11-6-4-5-7-12(11)20-3/h4-7,10H,8-9H2,1-3H3,(H,16,19). The molecule has 112 valence electrons. The van der Waals surface area contributed by atoms with E-state index >= 15 is 0 Å². The summed E-state index contributed by atoms with van der Waals surface area (Å²) in [5.41, 5.74) is 0.765. The molecule has 0 aliphatic heterocycles. The van der Waals surface area contributed by atoms with Crippen LogP contribution < -0.4 is 10.1 Å². The molecule has 1 N–H and O–H groups in total. The van der Waals surface area contributed by atoms with Gasteiger partial charge in [-0.2, -0.15) is 4.98 Å². The first-order chi connectivity index (χ1) is 10.1. The molecule has 0 spiro atoms. The summed E-state index contributed by atoms with van der Waals surface area (Å²) in [5.74, 6) is 1.56. The van der Waals surface area contributed by atoms with Crippen LogP contribution in [0.25, 0.3) is 11.4 Å². The highest BCUT2D eigenvalue weighted by atomic mass is 16.5. The van der Waals surface area contributed by atoms with Gasteiger partial charge in [-0.25, -0.2) is 0 Å². The van der Waals surface area contributed by atoms with Gasteiger partial charge in [0, 0.05) is 18.9 Å². The topological polar surface area (TPSA) is 77.2 Å². The van der Waals surface area contributed by atoms with E-state index in [1.54, 1.807) is 7.11 Å². The highest BCUT2D eigenvalue weighted by Gasteiger charge is 2.13. The van der Waals surface area contributed by atoms with Crippen molar-refractivity contribution in [1.82, 2.24) is 15.5 Å². The highest BCUT2D eigenvalue weighted by molar-refractivity contribution is 5.76. The van der Waals surface area contributed by atoms with Crippen molar-refractivity contribution < 1.29 is 14.1 Å². The third-order valence-electron chi connectivity index (χ3n) is 2.83. The number of benzene rings is 1. The van der Waals surface area contributed by atoms with Crippen LogP contribution in [-0.4, -0.2) is 29.2 Å². The first-order valence-electron chi connectivity index (χ1n) is 6.85. The molecule has 1 aromatic heterocycles. The van der Waals surface area contributed by atoms with E-state index in [1.165, 1.54) is 0 Å². The van der Waals surface area contributed by atoms with Crippen LogP contribution in [0, 0.1) is 0 Å². The number of methoxy groups -OCH3 is 1. The molecular weight excluding hydrogens is 270 g/mol. The maximum atomic E-state index is 11.6. The molecule has 1 amide bonds. The number of para-hydroxylation sites is 1. The fourth-order valence-corrected chi connectivity index (χ4v) is 1.91. The summed E-state index contributed by atoms with van der Waals surface area (Å²) in [5, 5.41) is 6.76. The second kappa shape index (κ2) is 6.88. The first-order valence-corrected chi connectivity index (χ1v) is 6.85. The van der Waals surface area contributed by atoms with E-state index in [1.807, 2.05) is 38.1 Å². The molecule has 0 saturated carbocycles. The molecule has 1 aromatic carbocycles. The molecule has 2 aromatic rings. The number of amides is 1. The van der Waals surface area contributed by atoms with Crippen LogP contribution in [0.2, 0.25) is 0 Å².